The van der Waals surface area contributed by atoms with Crippen LogP contribution >= 0.6 is 0 Å². The number of hydrogen-bond acceptors (Lipinski definition) is 4. The number of nitrogen functional groups attached to an aromatic ring is 1. The first-order valence-electron chi connectivity index (χ1n) is 6.13. The molecule has 1 aromatic carbocycles. The molecule has 1 fully saturated rings. The topological polar surface area (TPSA) is 61.6 Å². The minimum atomic E-state index is -4.49. The van der Waals surface area contributed by atoms with Gasteiger partial charge in [-0.05, 0) is 31.0 Å². The van der Waals surface area contributed by atoms with Gasteiger partial charge in [-0.15, -0.1) is 0 Å². The van der Waals surface area contributed by atoms with E-state index in [1.165, 1.54) is 0 Å². The van der Waals surface area contributed by atoms with Gasteiger partial charge < -0.3 is 15.2 Å². The third-order valence-corrected chi connectivity index (χ3v) is 3.02. The van der Waals surface area contributed by atoms with E-state index in [9.17, 15) is 18.0 Å². The number of halogens is 3. The van der Waals surface area contributed by atoms with Crippen LogP contribution in [0.2, 0.25) is 0 Å². The molecule has 4 nitrogen and oxygen atoms in total. The van der Waals surface area contributed by atoms with E-state index in [-0.39, 0.29) is 24.0 Å². The summed E-state index contributed by atoms with van der Waals surface area (Å²) >= 11 is 0. The molecule has 1 unspecified atom stereocenters. The lowest BCUT2D eigenvalue weighted by Gasteiger charge is -2.12. The van der Waals surface area contributed by atoms with Gasteiger partial charge in [-0.3, -0.25) is 0 Å². The molecule has 20 heavy (non-hydrogen) atoms. The van der Waals surface area contributed by atoms with Gasteiger partial charge in [0.1, 0.15) is 6.61 Å². The highest BCUT2D eigenvalue weighted by atomic mass is 19.4. The lowest BCUT2D eigenvalue weighted by Crippen LogP contribution is -2.19. The van der Waals surface area contributed by atoms with Crippen molar-refractivity contribution in [2.45, 2.75) is 25.1 Å². The number of benzene rings is 1. The number of anilines is 1. The van der Waals surface area contributed by atoms with Crippen LogP contribution in [-0.2, 0) is 15.7 Å². The number of rotatable bonds is 3. The fourth-order valence-corrected chi connectivity index (χ4v) is 1.95. The standard InChI is InChI=1S/C13H14F3NO3/c14-13(15,16)8-3-4-10(11(17)6-8)12(18)20-7-9-2-1-5-19-9/h3-4,6,9H,1-2,5,7,17H2. The smallest absolute Gasteiger partial charge is 0.416 e. The number of carbonyl (C=O) groups excluding carboxylic acids is 1. The van der Waals surface area contributed by atoms with Crippen molar-refractivity contribution >= 4 is 11.7 Å². The van der Waals surface area contributed by atoms with E-state index in [1.54, 1.807) is 0 Å². The zero-order chi connectivity index (χ0) is 14.8. The molecule has 0 radical (unpaired) electrons. The summed E-state index contributed by atoms with van der Waals surface area (Å²) in [6.45, 7) is 0.712. The van der Waals surface area contributed by atoms with E-state index in [2.05, 4.69) is 0 Å². The van der Waals surface area contributed by atoms with E-state index in [1.807, 2.05) is 0 Å². The predicted molar refractivity (Wildman–Crippen MR) is 65.1 cm³/mol. The van der Waals surface area contributed by atoms with E-state index in [0.29, 0.717) is 6.61 Å². The SMILES string of the molecule is Nc1cc(C(F)(F)F)ccc1C(=O)OCC1CCCO1. The monoisotopic (exact) mass is 289 g/mol. The summed E-state index contributed by atoms with van der Waals surface area (Å²) in [5.74, 6) is -0.744. The Bertz CT molecular complexity index is 496. The fraction of sp³-hybridized carbons (Fsp3) is 0.462. The molecule has 0 saturated carbocycles. The van der Waals surface area contributed by atoms with Crippen molar-refractivity contribution in [2.24, 2.45) is 0 Å². The summed E-state index contributed by atoms with van der Waals surface area (Å²) < 4.78 is 47.7. The van der Waals surface area contributed by atoms with Crippen molar-refractivity contribution in [3.05, 3.63) is 29.3 Å². The summed E-state index contributed by atoms with van der Waals surface area (Å²) in [6, 6.07) is 2.55. The maximum atomic E-state index is 12.5. The van der Waals surface area contributed by atoms with Gasteiger partial charge in [-0.2, -0.15) is 13.2 Å². The van der Waals surface area contributed by atoms with Gasteiger partial charge in [0.05, 0.1) is 17.2 Å². The van der Waals surface area contributed by atoms with Crippen LogP contribution in [0.5, 0.6) is 0 Å². The van der Waals surface area contributed by atoms with Crippen LogP contribution in [0.3, 0.4) is 0 Å². The van der Waals surface area contributed by atoms with Crippen molar-refractivity contribution in [3.8, 4) is 0 Å². The van der Waals surface area contributed by atoms with Crippen LogP contribution < -0.4 is 5.73 Å². The molecule has 110 valence electrons. The summed E-state index contributed by atoms with van der Waals surface area (Å²) in [4.78, 5) is 11.7. The van der Waals surface area contributed by atoms with Gasteiger partial charge in [0.2, 0.25) is 0 Å². The molecule has 1 atom stereocenters. The molecule has 0 spiro atoms. The van der Waals surface area contributed by atoms with E-state index >= 15 is 0 Å². The first-order chi connectivity index (χ1) is 9.38. The van der Waals surface area contributed by atoms with Gasteiger partial charge in [-0.1, -0.05) is 0 Å². The number of hydrogen-bond donors (Lipinski definition) is 1. The molecular weight excluding hydrogens is 275 g/mol. The van der Waals surface area contributed by atoms with E-state index in [4.69, 9.17) is 15.2 Å². The molecule has 0 bridgehead atoms. The van der Waals surface area contributed by atoms with Crippen molar-refractivity contribution in [3.63, 3.8) is 0 Å². The minimum Gasteiger partial charge on any atom is -0.459 e. The van der Waals surface area contributed by atoms with Crippen LogP contribution in [0, 0.1) is 0 Å². The Labute approximate surface area is 113 Å². The van der Waals surface area contributed by atoms with Crippen molar-refractivity contribution < 1.29 is 27.4 Å². The van der Waals surface area contributed by atoms with Crippen LogP contribution in [0.1, 0.15) is 28.8 Å². The maximum absolute atomic E-state index is 12.5. The number of nitrogens with two attached hydrogens (primary N) is 1. The number of esters is 1. The number of alkyl halides is 3. The highest BCUT2D eigenvalue weighted by Gasteiger charge is 2.31. The Morgan fingerprint density at radius 2 is 2.20 bits per heavy atom. The zero-order valence-corrected chi connectivity index (χ0v) is 10.6. The number of ether oxygens (including phenoxy) is 2. The van der Waals surface area contributed by atoms with Crippen molar-refractivity contribution in [1.29, 1.82) is 0 Å². The lowest BCUT2D eigenvalue weighted by atomic mass is 10.1. The molecule has 1 aliphatic rings. The van der Waals surface area contributed by atoms with Crippen LogP contribution in [0.4, 0.5) is 18.9 Å². The summed E-state index contributed by atoms with van der Waals surface area (Å²) in [5, 5.41) is 0. The second-order valence-corrected chi connectivity index (χ2v) is 4.53. The third kappa shape index (κ3) is 3.41. The Balaban J connectivity index is 2.02. The molecule has 0 amide bonds. The number of carbonyl (C=O) groups is 1. The average molecular weight is 289 g/mol. The lowest BCUT2D eigenvalue weighted by molar-refractivity contribution is -0.137. The van der Waals surface area contributed by atoms with Crippen LogP contribution in [0.15, 0.2) is 18.2 Å². The summed E-state index contributed by atoms with van der Waals surface area (Å²) in [7, 11) is 0. The molecule has 2 rings (SSSR count). The average Bonchev–Trinajstić information content (AvgIpc) is 2.87. The normalized spacial score (nSPS) is 19.1. The largest absolute Gasteiger partial charge is 0.459 e. The van der Waals surface area contributed by atoms with Gasteiger partial charge >= 0.3 is 12.1 Å². The summed E-state index contributed by atoms with van der Waals surface area (Å²) in [5.41, 5.74) is 4.25. The second-order valence-electron chi connectivity index (χ2n) is 4.53. The zero-order valence-electron chi connectivity index (χ0n) is 10.6. The quantitative estimate of drug-likeness (QED) is 0.686. The third-order valence-electron chi connectivity index (χ3n) is 3.02. The highest BCUT2D eigenvalue weighted by Crippen LogP contribution is 2.31. The van der Waals surface area contributed by atoms with Gasteiger partial charge in [0.15, 0.2) is 0 Å². The van der Waals surface area contributed by atoms with Crippen molar-refractivity contribution in [2.75, 3.05) is 18.9 Å². The molecule has 1 heterocycles. The second kappa shape index (κ2) is 5.70. The molecule has 1 aliphatic heterocycles. The Hall–Kier alpha value is -1.76. The molecule has 1 aromatic rings. The molecule has 7 heteroatoms. The Morgan fingerprint density at radius 3 is 2.75 bits per heavy atom. The summed E-state index contributed by atoms with van der Waals surface area (Å²) in [6.07, 6.45) is -2.93. The Kier molecular flexibility index (Phi) is 4.17. The van der Waals surface area contributed by atoms with Gasteiger partial charge in [-0.25, -0.2) is 4.79 Å². The van der Waals surface area contributed by atoms with E-state index < -0.39 is 17.7 Å². The predicted octanol–water partition coefficient (Wildman–Crippen LogP) is 2.62. The molecule has 0 aromatic heterocycles. The van der Waals surface area contributed by atoms with Crippen LogP contribution in [0.25, 0.3) is 0 Å². The molecule has 2 N–H and O–H groups in total. The van der Waals surface area contributed by atoms with E-state index in [0.717, 1.165) is 31.0 Å². The van der Waals surface area contributed by atoms with Crippen LogP contribution in [-0.4, -0.2) is 25.3 Å². The fourth-order valence-electron chi connectivity index (χ4n) is 1.95. The maximum Gasteiger partial charge on any atom is 0.416 e. The highest BCUT2D eigenvalue weighted by molar-refractivity contribution is 5.95. The van der Waals surface area contributed by atoms with Crippen molar-refractivity contribution in [1.82, 2.24) is 0 Å². The first-order valence-corrected chi connectivity index (χ1v) is 6.13. The van der Waals surface area contributed by atoms with Gasteiger partial charge in [0.25, 0.3) is 0 Å². The van der Waals surface area contributed by atoms with Gasteiger partial charge in [0, 0.05) is 12.3 Å². The molecular formula is C13H14F3NO3. The Morgan fingerprint density at radius 1 is 1.45 bits per heavy atom. The molecule has 1 saturated heterocycles. The molecule has 0 aliphatic carbocycles. The first kappa shape index (κ1) is 14.6. The minimum absolute atomic E-state index is 0.0732.